The van der Waals surface area contributed by atoms with Crippen molar-refractivity contribution in [3.8, 4) is 0 Å². The van der Waals surface area contributed by atoms with E-state index in [1.54, 1.807) is 0 Å². The van der Waals surface area contributed by atoms with Gasteiger partial charge in [-0.25, -0.2) is 4.79 Å². The number of halogens is 4. The number of likely N-dealkylation sites (tertiary alicyclic amines) is 2. The number of hydrogen-bond donors (Lipinski definition) is 1. The zero-order valence-electron chi connectivity index (χ0n) is 13.7. The number of hydrogen-bond acceptors (Lipinski definition) is 2. The summed E-state index contributed by atoms with van der Waals surface area (Å²) in [4.78, 5) is 14.5. The van der Waals surface area contributed by atoms with Gasteiger partial charge in [-0.2, -0.15) is 13.2 Å². The highest BCUT2D eigenvalue weighted by molar-refractivity contribution is 6.30. The van der Waals surface area contributed by atoms with E-state index in [4.69, 9.17) is 16.7 Å². The minimum Gasteiger partial charge on any atom is -0.465 e. The molecule has 0 bridgehead atoms. The Morgan fingerprint density at radius 2 is 1.84 bits per heavy atom. The molecule has 0 saturated carbocycles. The number of benzene rings is 1. The van der Waals surface area contributed by atoms with Crippen molar-refractivity contribution in [2.24, 2.45) is 5.41 Å². The number of carbonyl (C=O) groups is 1. The van der Waals surface area contributed by atoms with E-state index in [-0.39, 0.29) is 17.5 Å². The van der Waals surface area contributed by atoms with Gasteiger partial charge in [0.25, 0.3) is 0 Å². The van der Waals surface area contributed by atoms with E-state index >= 15 is 0 Å². The third kappa shape index (κ3) is 4.03. The molecule has 1 spiro atoms. The van der Waals surface area contributed by atoms with Crippen LogP contribution >= 0.6 is 11.6 Å². The Bertz CT molecular complexity index is 658. The fourth-order valence-electron chi connectivity index (χ4n) is 3.95. The van der Waals surface area contributed by atoms with Gasteiger partial charge >= 0.3 is 12.3 Å². The predicted octanol–water partition coefficient (Wildman–Crippen LogP) is 4.32. The number of nitrogens with zero attached hydrogens (tertiary/aromatic N) is 2. The van der Waals surface area contributed by atoms with Gasteiger partial charge < -0.3 is 10.0 Å². The fourth-order valence-corrected chi connectivity index (χ4v) is 4.15. The Morgan fingerprint density at radius 1 is 1.20 bits per heavy atom. The van der Waals surface area contributed by atoms with E-state index < -0.39 is 17.8 Å². The second kappa shape index (κ2) is 6.68. The van der Waals surface area contributed by atoms with Crippen LogP contribution in [-0.2, 0) is 12.7 Å². The van der Waals surface area contributed by atoms with Crippen molar-refractivity contribution < 1.29 is 23.1 Å². The van der Waals surface area contributed by atoms with Crippen molar-refractivity contribution in [3.63, 3.8) is 0 Å². The minimum absolute atomic E-state index is 0.0168. The monoisotopic (exact) mass is 376 g/mol. The molecule has 2 heterocycles. The zero-order valence-corrected chi connectivity index (χ0v) is 14.4. The summed E-state index contributed by atoms with van der Waals surface area (Å²) >= 11 is 5.89. The van der Waals surface area contributed by atoms with Crippen molar-refractivity contribution in [2.45, 2.75) is 32.0 Å². The molecule has 2 saturated heterocycles. The summed E-state index contributed by atoms with van der Waals surface area (Å²) in [7, 11) is 0. The average molecular weight is 377 g/mol. The molecule has 25 heavy (non-hydrogen) atoms. The Hall–Kier alpha value is -1.47. The van der Waals surface area contributed by atoms with Crippen LogP contribution in [0.2, 0.25) is 5.02 Å². The van der Waals surface area contributed by atoms with Gasteiger partial charge in [0.05, 0.1) is 5.56 Å². The topological polar surface area (TPSA) is 43.8 Å². The Labute approximate surface area is 149 Å². The van der Waals surface area contributed by atoms with Crippen LogP contribution in [0, 0.1) is 5.41 Å². The minimum atomic E-state index is -4.40. The van der Waals surface area contributed by atoms with Gasteiger partial charge in [-0.1, -0.05) is 11.6 Å². The predicted molar refractivity (Wildman–Crippen MR) is 87.6 cm³/mol. The number of alkyl halides is 3. The standard InChI is InChI=1S/C17H20ClF3N2O2/c18-13-1-2-14(17(19,20)21)12(9-13)10-22-6-3-16(11-22)4-7-23(8-5-16)15(24)25/h1-2,9H,3-8,10-11H2,(H,24,25). The van der Waals surface area contributed by atoms with Crippen LogP contribution in [-0.4, -0.2) is 47.2 Å². The van der Waals surface area contributed by atoms with Gasteiger partial charge in [-0.05, 0) is 55.0 Å². The SMILES string of the molecule is O=C(O)N1CCC2(CCN(Cc3cc(Cl)ccc3C(F)(F)F)C2)CC1. The maximum absolute atomic E-state index is 13.2. The van der Waals surface area contributed by atoms with Crippen molar-refractivity contribution in [1.82, 2.24) is 9.80 Å². The second-order valence-corrected chi connectivity index (χ2v) is 7.47. The van der Waals surface area contributed by atoms with Gasteiger partial charge in [-0.15, -0.1) is 0 Å². The highest BCUT2D eigenvalue weighted by atomic mass is 35.5. The van der Waals surface area contributed by atoms with Crippen molar-refractivity contribution >= 4 is 17.7 Å². The van der Waals surface area contributed by atoms with Gasteiger partial charge in [0.15, 0.2) is 0 Å². The molecule has 2 fully saturated rings. The first kappa shape index (κ1) is 18.3. The van der Waals surface area contributed by atoms with Crippen LogP contribution in [0.1, 0.15) is 30.4 Å². The summed E-state index contributed by atoms with van der Waals surface area (Å²) in [5.41, 5.74) is -0.429. The largest absolute Gasteiger partial charge is 0.465 e. The van der Waals surface area contributed by atoms with Crippen molar-refractivity contribution in [2.75, 3.05) is 26.2 Å². The molecule has 8 heteroatoms. The second-order valence-electron chi connectivity index (χ2n) is 7.03. The van der Waals surface area contributed by atoms with Crippen LogP contribution in [0.15, 0.2) is 18.2 Å². The molecule has 4 nitrogen and oxygen atoms in total. The molecule has 1 amide bonds. The number of amides is 1. The van der Waals surface area contributed by atoms with Crippen LogP contribution < -0.4 is 0 Å². The molecule has 0 aliphatic carbocycles. The molecule has 0 unspecified atom stereocenters. The van der Waals surface area contributed by atoms with Crippen molar-refractivity contribution in [1.29, 1.82) is 0 Å². The van der Waals surface area contributed by atoms with E-state index in [2.05, 4.69) is 0 Å². The number of carboxylic acid groups (broad SMARTS) is 1. The van der Waals surface area contributed by atoms with Crippen LogP contribution in [0.5, 0.6) is 0 Å². The summed E-state index contributed by atoms with van der Waals surface area (Å²) in [6.45, 7) is 2.61. The summed E-state index contributed by atoms with van der Waals surface area (Å²) in [5.74, 6) is 0. The molecule has 2 aliphatic heterocycles. The molecule has 0 atom stereocenters. The lowest BCUT2D eigenvalue weighted by atomic mass is 9.78. The molecule has 2 aliphatic rings. The molecule has 0 radical (unpaired) electrons. The average Bonchev–Trinajstić information content (AvgIpc) is 2.89. The molecule has 1 aromatic carbocycles. The molecular weight excluding hydrogens is 357 g/mol. The lowest BCUT2D eigenvalue weighted by Crippen LogP contribution is -2.43. The van der Waals surface area contributed by atoms with E-state index in [0.29, 0.717) is 24.7 Å². The normalized spacial score (nSPS) is 21.0. The molecule has 138 valence electrons. The number of piperidine rings is 1. The van der Waals surface area contributed by atoms with E-state index in [9.17, 15) is 18.0 Å². The zero-order chi connectivity index (χ0) is 18.2. The van der Waals surface area contributed by atoms with Crippen LogP contribution in [0.3, 0.4) is 0 Å². The van der Waals surface area contributed by atoms with Gasteiger partial charge in [0, 0.05) is 31.2 Å². The van der Waals surface area contributed by atoms with Gasteiger partial charge in [-0.3, -0.25) is 4.90 Å². The summed E-state index contributed by atoms with van der Waals surface area (Å²) in [6, 6.07) is 3.69. The molecule has 1 aromatic rings. The first-order valence-electron chi connectivity index (χ1n) is 8.24. The van der Waals surface area contributed by atoms with E-state index in [1.165, 1.54) is 17.0 Å². The third-order valence-electron chi connectivity index (χ3n) is 5.38. The Morgan fingerprint density at radius 3 is 2.44 bits per heavy atom. The summed E-state index contributed by atoms with van der Waals surface area (Å²) < 4.78 is 39.6. The van der Waals surface area contributed by atoms with Crippen LogP contribution in [0.4, 0.5) is 18.0 Å². The Kier molecular flexibility index (Phi) is 4.90. The smallest absolute Gasteiger partial charge is 0.416 e. The maximum atomic E-state index is 13.2. The van der Waals surface area contributed by atoms with Crippen LogP contribution in [0.25, 0.3) is 0 Å². The van der Waals surface area contributed by atoms with E-state index in [0.717, 1.165) is 31.9 Å². The number of rotatable bonds is 2. The van der Waals surface area contributed by atoms with Crippen molar-refractivity contribution in [3.05, 3.63) is 34.3 Å². The molecular formula is C17H20ClF3N2O2. The first-order chi connectivity index (χ1) is 11.7. The quantitative estimate of drug-likeness (QED) is 0.835. The van der Waals surface area contributed by atoms with Gasteiger partial charge in [0.1, 0.15) is 0 Å². The Balaban J connectivity index is 1.68. The third-order valence-corrected chi connectivity index (χ3v) is 5.61. The fraction of sp³-hybridized carbons (Fsp3) is 0.588. The molecule has 1 N–H and O–H groups in total. The first-order valence-corrected chi connectivity index (χ1v) is 8.62. The molecule has 0 aromatic heterocycles. The highest BCUT2D eigenvalue weighted by Crippen LogP contribution is 2.42. The summed E-state index contributed by atoms with van der Waals surface area (Å²) in [6.07, 6.45) is -2.89. The lowest BCUT2D eigenvalue weighted by Gasteiger charge is -2.38. The molecule has 3 rings (SSSR count). The highest BCUT2D eigenvalue weighted by Gasteiger charge is 2.42. The summed E-state index contributed by atoms with van der Waals surface area (Å²) in [5, 5.41) is 9.34. The van der Waals surface area contributed by atoms with Gasteiger partial charge in [0.2, 0.25) is 0 Å². The van der Waals surface area contributed by atoms with E-state index in [1.807, 2.05) is 4.90 Å². The lowest BCUT2D eigenvalue weighted by molar-refractivity contribution is -0.138. The maximum Gasteiger partial charge on any atom is 0.416 e.